The van der Waals surface area contributed by atoms with Crippen molar-refractivity contribution in [3.05, 3.63) is 23.8 Å². The van der Waals surface area contributed by atoms with Crippen LogP contribution < -0.4 is 9.47 Å². The van der Waals surface area contributed by atoms with Gasteiger partial charge in [0.2, 0.25) is 0 Å². The van der Waals surface area contributed by atoms with E-state index in [1.54, 1.807) is 21.3 Å². The fraction of sp³-hybridized carbons (Fsp3) is 0.588. The molecule has 1 heterocycles. The first-order valence-electron chi connectivity index (χ1n) is 7.77. The lowest BCUT2D eigenvalue weighted by molar-refractivity contribution is 0.118. The number of aryl methyl sites for hydroxylation is 1. The summed E-state index contributed by atoms with van der Waals surface area (Å²) in [6.45, 7) is 1.79. The molecule has 0 saturated carbocycles. The van der Waals surface area contributed by atoms with Crippen molar-refractivity contribution in [2.45, 2.75) is 31.7 Å². The molecule has 0 bridgehead atoms. The quantitative estimate of drug-likeness (QED) is 0.693. The van der Waals surface area contributed by atoms with Crippen LogP contribution in [0.15, 0.2) is 23.3 Å². The number of rotatable bonds is 8. The molecular weight excluding hydrogens is 280 g/mol. The predicted molar refractivity (Wildman–Crippen MR) is 88.0 cm³/mol. The third-order valence-electron chi connectivity index (χ3n) is 3.95. The predicted octanol–water partition coefficient (Wildman–Crippen LogP) is 2.73. The lowest BCUT2D eigenvalue weighted by Gasteiger charge is -2.20. The Morgan fingerprint density at radius 3 is 2.77 bits per heavy atom. The maximum atomic E-state index is 5.32. The van der Waals surface area contributed by atoms with Crippen molar-refractivity contribution < 1.29 is 14.2 Å². The van der Waals surface area contributed by atoms with Gasteiger partial charge in [0.1, 0.15) is 0 Å². The number of hydrazone groups is 1. The Hall–Kier alpha value is -1.75. The van der Waals surface area contributed by atoms with Crippen LogP contribution in [-0.2, 0) is 11.2 Å². The number of nitrogens with zero attached hydrogens (tertiary/aromatic N) is 2. The van der Waals surface area contributed by atoms with Crippen LogP contribution in [0.5, 0.6) is 11.5 Å². The SMILES string of the molecule is COC[C@@H]1CCCN1/N=C/CCc1ccc(OC)c(OC)c1. The summed E-state index contributed by atoms with van der Waals surface area (Å²) in [6.07, 6.45) is 6.21. The van der Waals surface area contributed by atoms with E-state index < -0.39 is 0 Å². The molecule has 1 aliphatic rings. The summed E-state index contributed by atoms with van der Waals surface area (Å²) in [4.78, 5) is 0. The summed E-state index contributed by atoms with van der Waals surface area (Å²) in [5.41, 5.74) is 1.22. The second kappa shape index (κ2) is 8.63. The van der Waals surface area contributed by atoms with Gasteiger partial charge in [0, 0.05) is 19.9 Å². The summed E-state index contributed by atoms with van der Waals surface area (Å²) in [6, 6.07) is 6.47. The van der Waals surface area contributed by atoms with Crippen molar-refractivity contribution in [3.8, 4) is 11.5 Å². The molecule has 0 aliphatic carbocycles. The second-order valence-corrected chi connectivity index (χ2v) is 5.44. The molecule has 1 saturated heterocycles. The highest BCUT2D eigenvalue weighted by molar-refractivity contribution is 5.57. The van der Waals surface area contributed by atoms with E-state index in [9.17, 15) is 0 Å². The summed E-state index contributed by atoms with van der Waals surface area (Å²) < 4.78 is 15.8. The highest BCUT2D eigenvalue weighted by Gasteiger charge is 2.22. The molecule has 5 heteroatoms. The normalized spacial score (nSPS) is 18.1. The molecule has 1 atom stereocenters. The van der Waals surface area contributed by atoms with Gasteiger partial charge in [-0.15, -0.1) is 0 Å². The summed E-state index contributed by atoms with van der Waals surface area (Å²) in [5, 5.41) is 6.74. The monoisotopic (exact) mass is 306 g/mol. The van der Waals surface area contributed by atoms with Crippen molar-refractivity contribution in [2.24, 2.45) is 5.10 Å². The van der Waals surface area contributed by atoms with E-state index >= 15 is 0 Å². The van der Waals surface area contributed by atoms with Gasteiger partial charge in [-0.05, 0) is 43.4 Å². The third kappa shape index (κ3) is 4.37. The van der Waals surface area contributed by atoms with Crippen LogP contribution in [0.2, 0.25) is 0 Å². The summed E-state index contributed by atoms with van der Waals surface area (Å²) in [7, 11) is 5.06. The molecule has 22 heavy (non-hydrogen) atoms. The zero-order valence-electron chi connectivity index (χ0n) is 13.7. The van der Waals surface area contributed by atoms with Crippen LogP contribution in [0.1, 0.15) is 24.8 Å². The van der Waals surface area contributed by atoms with Crippen molar-refractivity contribution in [1.29, 1.82) is 0 Å². The van der Waals surface area contributed by atoms with Crippen LogP contribution in [0.25, 0.3) is 0 Å². The highest BCUT2D eigenvalue weighted by atomic mass is 16.5. The molecule has 0 radical (unpaired) electrons. The smallest absolute Gasteiger partial charge is 0.160 e. The molecule has 2 rings (SSSR count). The minimum Gasteiger partial charge on any atom is -0.493 e. The van der Waals surface area contributed by atoms with E-state index in [4.69, 9.17) is 14.2 Å². The average molecular weight is 306 g/mol. The molecule has 0 amide bonds. The molecule has 0 aromatic heterocycles. The molecule has 1 fully saturated rings. The Morgan fingerprint density at radius 1 is 1.23 bits per heavy atom. The van der Waals surface area contributed by atoms with Crippen LogP contribution in [-0.4, -0.2) is 51.7 Å². The van der Waals surface area contributed by atoms with Gasteiger partial charge in [0.05, 0.1) is 26.9 Å². The Labute approximate surface area is 132 Å². The first kappa shape index (κ1) is 16.6. The van der Waals surface area contributed by atoms with Crippen molar-refractivity contribution in [1.82, 2.24) is 5.01 Å². The molecule has 5 nitrogen and oxygen atoms in total. The number of hydrogen-bond acceptors (Lipinski definition) is 5. The molecule has 122 valence electrons. The highest BCUT2D eigenvalue weighted by Crippen LogP contribution is 2.27. The zero-order valence-corrected chi connectivity index (χ0v) is 13.7. The lowest BCUT2D eigenvalue weighted by Crippen LogP contribution is -2.28. The molecular formula is C17H26N2O3. The van der Waals surface area contributed by atoms with Crippen LogP contribution in [0.3, 0.4) is 0 Å². The number of benzene rings is 1. The number of ether oxygens (including phenoxy) is 3. The second-order valence-electron chi connectivity index (χ2n) is 5.44. The summed E-state index contributed by atoms with van der Waals surface area (Å²) in [5.74, 6) is 1.54. The maximum Gasteiger partial charge on any atom is 0.160 e. The van der Waals surface area contributed by atoms with Crippen LogP contribution in [0, 0.1) is 0 Å². The van der Waals surface area contributed by atoms with Crippen LogP contribution >= 0.6 is 0 Å². The first-order valence-corrected chi connectivity index (χ1v) is 7.77. The van der Waals surface area contributed by atoms with Crippen molar-refractivity contribution >= 4 is 6.21 Å². The van der Waals surface area contributed by atoms with Gasteiger partial charge in [0.15, 0.2) is 11.5 Å². The van der Waals surface area contributed by atoms with E-state index in [-0.39, 0.29) is 0 Å². The van der Waals surface area contributed by atoms with Crippen molar-refractivity contribution in [3.63, 3.8) is 0 Å². The molecule has 1 aromatic rings. The Morgan fingerprint density at radius 2 is 2.05 bits per heavy atom. The number of methoxy groups -OCH3 is 3. The van der Waals surface area contributed by atoms with E-state index in [0.29, 0.717) is 6.04 Å². The minimum atomic E-state index is 0.433. The maximum absolute atomic E-state index is 5.32. The molecule has 1 aromatic carbocycles. The molecule has 0 N–H and O–H groups in total. The van der Waals surface area contributed by atoms with E-state index in [1.807, 2.05) is 18.3 Å². The van der Waals surface area contributed by atoms with Gasteiger partial charge in [-0.3, -0.25) is 5.01 Å². The Bertz CT molecular complexity index is 491. The van der Waals surface area contributed by atoms with Gasteiger partial charge < -0.3 is 14.2 Å². The largest absolute Gasteiger partial charge is 0.493 e. The van der Waals surface area contributed by atoms with E-state index in [0.717, 1.165) is 37.5 Å². The molecule has 0 unspecified atom stereocenters. The number of hydrogen-bond donors (Lipinski definition) is 0. The first-order chi connectivity index (χ1) is 10.8. The van der Waals surface area contributed by atoms with Gasteiger partial charge in [-0.1, -0.05) is 6.07 Å². The fourth-order valence-electron chi connectivity index (χ4n) is 2.76. The minimum absolute atomic E-state index is 0.433. The van der Waals surface area contributed by atoms with E-state index in [2.05, 4.69) is 16.2 Å². The van der Waals surface area contributed by atoms with Gasteiger partial charge in [-0.2, -0.15) is 5.10 Å². The van der Waals surface area contributed by atoms with E-state index in [1.165, 1.54) is 18.4 Å². The Kier molecular flexibility index (Phi) is 6.52. The van der Waals surface area contributed by atoms with Gasteiger partial charge in [-0.25, -0.2) is 0 Å². The van der Waals surface area contributed by atoms with Crippen LogP contribution in [0.4, 0.5) is 0 Å². The fourth-order valence-corrected chi connectivity index (χ4v) is 2.76. The molecule has 1 aliphatic heterocycles. The van der Waals surface area contributed by atoms with Gasteiger partial charge >= 0.3 is 0 Å². The average Bonchev–Trinajstić information content (AvgIpc) is 2.99. The summed E-state index contributed by atoms with van der Waals surface area (Å²) >= 11 is 0. The van der Waals surface area contributed by atoms with Gasteiger partial charge in [0.25, 0.3) is 0 Å². The third-order valence-corrected chi connectivity index (χ3v) is 3.95. The standard InChI is InChI=1S/C17H26N2O3/c1-20-13-15-7-5-11-19(15)18-10-4-6-14-8-9-16(21-2)17(12-14)22-3/h8-10,12,15H,4-7,11,13H2,1-3H3/b18-10+/t15-/m0/s1. The molecule has 0 spiro atoms. The topological polar surface area (TPSA) is 43.3 Å². The Balaban J connectivity index is 1.84. The van der Waals surface area contributed by atoms with Crippen molar-refractivity contribution in [2.75, 3.05) is 34.5 Å². The zero-order chi connectivity index (χ0) is 15.8. The lowest BCUT2D eigenvalue weighted by atomic mass is 10.1.